The highest BCUT2D eigenvalue weighted by atomic mass is 19.4. The maximum Gasteiger partial charge on any atom is 0.416 e. The molecule has 1 amide bonds. The molecular formula is C30H37F3N6O2. The molecule has 220 valence electrons. The number of aromatic nitrogens is 1. The number of rotatable bonds is 7. The van der Waals surface area contributed by atoms with Crippen LogP contribution in [0, 0.1) is 0 Å². The van der Waals surface area contributed by atoms with Crippen LogP contribution in [0.4, 0.5) is 29.5 Å². The minimum atomic E-state index is -4.41. The van der Waals surface area contributed by atoms with Gasteiger partial charge in [0.05, 0.1) is 5.56 Å². The highest BCUT2D eigenvalue weighted by Crippen LogP contribution is 2.31. The Morgan fingerprint density at radius 1 is 0.902 bits per heavy atom. The Kier molecular flexibility index (Phi) is 8.84. The molecule has 1 aromatic heterocycles. The van der Waals surface area contributed by atoms with E-state index in [0.29, 0.717) is 39.3 Å². The zero-order valence-corrected chi connectivity index (χ0v) is 23.6. The third kappa shape index (κ3) is 7.02. The number of halogens is 3. The Morgan fingerprint density at radius 3 is 2.27 bits per heavy atom. The molecule has 0 saturated carbocycles. The summed E-state index contributed by atoms with van der Waals surface area (Å²) >= 11 is 0. The summed E-state index contributed by atoms with van der Waals surface area (Å²) in [5.74, 6) is 0.269. The van der Waals surface area contributed by atoms with Gasteiger partial charge in [0, 0.05) is 96.8 Å². The number of amides is 1. The summed E-state index contributed by atoms with van der Waals surface area (Å²) < 4.78 is 44.6. The molecule has 2 aliphatic rings. The van der Waals surface area contributed by atoms with Crippen LogP contribution in [0.15, 0.2) is 54.7 Å². The van der Waals surface area contributed by atoms with Gasteiger partial charge < -0.3 is 19.4 Å². The summed E-state index contributed by atoms with van der Waals surface area (Å²) in [6.07, 6.45) is -3.63. The highest BCUT2D eigenvalue weighted by Gasteiger charge is 2.32. The predicted octanol–water partition coefficient (Wildman–Crippen LogP) is 4.40. The van der Waals surface area contributed by atoms with Crippen molar-refractivity contribution in [2.75, 3.05) is 89.4 Å². The van der Waals surface area contributed by atoms with Gasteiger partial charge in [0.15, 0.2) is 0 Å². The fourth-order valence-electron chi connectivity index (χ4n) is 5.52. The minimum absolute atomic E-state index is 0.269. The molecule has 2 aromatic carbocycles. The standard InChI is InChI=1S/C30H37F3N6O2/c1-35(2)27-8-7-23(25-5-3-4-6-26(25)27)22-37-13-11-36(12-14-37)19-20-41-29(40)39-17-15-38(16-18-39)28-21-24(9-10-34-28)30(31,32)33/h3-10,21H,11-20,22H2,1-2H3. The molecule has 0 radical (unpaired) electrons. The second-order valence-corrected chi connectivity index (χ2v) is 10.8. The second kappa shape index (κ2) is 12.5. The third-order valence-electron chi connectivity index (χ3n) is 7.90. The van der Waals surface area contributed by atoms with E-state index in [-0.39, 0.29) is 11.9 Å². The number of carbonyl (C=O) groups excluding carboxylic acids is 1. The first-order valence-electron chi connectivity index (χ1n) is 14.0. The van der Waals surface area contributed by atoms with Crippen molar-refractivity contribution in [3.8, 4) is 0 Å². The van der Waals surface area contributed by atoms with Crippen molar-refractivity contribution in [1.82, 2.24) is 19.7 Å². The van der Waals surface area contributed by atoms with Gasteiger partial charge in [-0.2, -0.15) is 13.2 Å². The van der Waals surface area contributed by atoms with Gasteiger partial charge in [-0.05, 0) is 29.1 Å². The lowest BCUT2D eigenvalue weighted by Gasteiger charge is -2.36. The lowest BCUT2D eigenvalue weighted by atomic mass is 10.0. The van der Waals surface area contributed by atoms with Crippen molar-refractivity contribution in [2.45, 2.75) is 12.7 Å². The molecule has 11 heteroatoms. The average molecular weight is 571 g/mol. The first-order chi connectivity index (χ1) is 19.7. The summed E-state index contributed by atoms with van der Waals surface area (Å²) in [5, 5.41) is 2.56. The van der Waals surface area contributed by atoms with Gasteiger partial charge in [-0.25, -0.2) is 9.78 Å². The number of alkyl halides is 3. The quantitative estimate of drug-likeness (QED) is 0.418. The molecule has 41 heavy (non-hydrogen) atoms. The Hall–Kier alpha value is -3.57. The van der Waals surface area contributed by atoms with E-state index >= 15 is 0 Å². The SMILES string of the molecule is CN(C)c1ccc(CN2CCN(CCOC(=O)N3CCN(c4cc(C(F)(F)F)ccn4)CC3)CC2)c2ccccc12. The van der Waals surface area contributed by atoms with Crippen LogP contribution in [0.3, 0.4) is 0 Å². The maximum absolute atomic E-state index is 13.0. The van der Waals surface area contributed by atoms with Crippen molar-refractivity contribution in [3.05, 3.63) is 65.9 Å². The molecule has 0 bridgehead atoms. The summed E-state index contributed by atoms with van der Waals surface area (Å²) in [4.78, 5) is 27.0. The van der Waals surface area contributed by atoms with Crippen LogP contribution in [-0.4, -0.2) is 105 Å². The van der Waals surface area contributed by atoms with Crippen molar-refractivity contribution in [1.29, 1.82) is 0 Å². The number of nitrogens with zero attached hydrogens (tertiary/aromatic N) is 6. The normalized spacial score (nSPS) is 17.2. The molecule has 3 aromatic rings. The molecule has 0 spiro atoms. The lowest BCUT2D eigenvalue weighted by Crippen LogP contribution is -2.50. The van der Waals surface area contributed by atoms with E-state index in [1.54, 1.807) is 9.80 Å². The van der Waals surface area contributed by atoms with Crippen LogP contribution >= 0.6 is 0 Å². The van der Waals surface area contributed by atoms with Gasteiger partial charge in [-0.15, -0.1) is 0 Å². The Labute approximate surface area is 238 Å². The number of hydrogen-bond donors (Lipinski definition) is 0. The fourth-order valence-corrected chi connectivity index (χ4v) is 5.52. The molecule has 0 atom stereocenters. The zero-order chi connectivity index (χ0) is 29.0. The maximum atomic E-state index is 13.0. The monoisotopic (exact) mass is 570 g/mol. The zero-order valence-electron chi connectivity index (χ0n) is 23.6. The molecule has 2 aliphatic heterocycles. The first-order valence-corrected chi connectivity index (χ1v) is 14.0. The van der Waals surface area contributed by atoms with E-state index in [1.807, 2.05) is 0 Å². The molecule has 0 aliphatic carbocycles. The van der Waals surface area contributed by atoms with Crippen LogP contribution in [0.2, 0.25) is 0 Å². The third-order valence-corrected chi connectivity index (χ3v) is 7.90. The second-order valence-electron chi connectivity index (χ2n) is 10.8. The molecule has 8 nitrogen and oxygen atoms in total. The van der Waals surface area contributed by atoms with Crippen molar-refractivity contribution >= 4 is 28.4 Å². The van der Waals surface area contributed by atoms with E-state index in [1.165, 1.54) is 28.2 Å². The molecule has 2 saturated heterocycles. The summed E-state index contributed by atoms with van der Waals surface area (Å²) in [7, 11) is 4.14. The molecule has 0 unspecified atom stereocenters. The van der Waals surface area contributed by atoms with Crippen LogP contribution in [-0.2, 0) is 17.5 Å². The van der Waals surface area contributed by atoms with Gasteiger partial charge >= 0.3 is 12.3 Å². The molecule has 5 rings (SSSR count). The highest BCUT2D eigenvalue weighted by molar-refractivity contribution is 5.96. The molecule has 0 N–H and O–H groups in total. The lowest BCUT2D eigenvalue weighted by molar-refractivity contribution is -0.137. The van der Waals surface area contributed by atoms with Gasteiger partial charge in [0.1, 0.15) is 12.4 Å². The van der Waals surface area contributed by atoms with Crippen LogP contribution in [0.5, 0.6) is 0 Å². The van der Waals surface area contributed by atoms with Crippen LogP contribution < -0.4 is 9.80 Å². The Bertz CT molecular complexity index is 1340. The van der Waals surface area contributed by atoms with Crippen LogP contribution in [0.25, 0.3) is 10.8 Å². The molecule has 3 heterocycles. The van der Waals surface area contributed by atoms with Crippen molar-refractivity contribution in [3.63, 3.8) is 0 Å². The van der Waals surface area contributed by atoms with Gasteiger partial charge in [0.25, 0.3) is 0 Å². The number of anilines is 2. The van der Waals surface area contributed by atoms with Crippen molar-refractivity contribution < 1.29 is 22.7 Å². The largest absolute Gasteiger partial charge is 0.448 e. The number of fused-ring (bicyclic) bond motifs is 1. The van der Waals surface area contributed by atoms with E-state index < -0.39 is 11.7 Å². The van der Waals surface area contributed by atoms with E-state index in [9.17, 15) is 18.0 Å². The number of hydrogen-bond acceptors (Lipinski definition) is 7. The number of piperazine rings is 2. The average Bonchev–Trinajstić information content (AvgIpc) is 2.97. The smallest absolute Gasteiger partial charge is 0.416 e. The number of pyridine rings is 1. The van der Waals surface area contributed by atoms with Crippen molar-refractivity contribution in [2.24, 2.45) is 0 Å². The summed E-state index contributed by atoms with van der Waals surface area (Å²) in [6, 6.07) is 15.0. The van der Waals surface area contributed by atoms with E-state index in [4.69, 9.17) is 4.74 Å². The number of ether oxygens (including phenoxy) is 1. The molecular weight excluding hydrogens is 533 g/mol. The topological polar surface area (TPSA) is 55.4 Å². The summed E-state index contributed by atoms with van der Waals surface area (Å²) in [5.41, 5.74) is 1.83. The van der Waals surface area contributed by atoms with E-state index in [2.05, 4.69) is 70.2 Å². The van der Waals surface area contributed by atoms with Gasteiger partial charge in [-0.1, -0.05) is 30.3 Å². The van der Waals surface area contributed by atoms with Gasteiger partial charge in [0.2, 0.25) is 0 Å². The first kappa shape index (κ1) is 28.9. The minimum Gasteiger partial charge on any atom is -0.448 e. The number of carbonyl (C=O) groups is 1. The fraction of sp³-hybridized carbons (Fsp3) is 0.467. The molecule has 2 fully saturated rings. The Morgan fingerprint density at radius 2 is 1.59 bits per heavy atom. The van der Waals surface area contributed by atoms with Crippen LogP contribution in [0.1, 0.15) is 11.1 Å². The summed E-state index contributed by atoms with van der Waals surface area (Å²) in [6.45, 7) is 7.16. The van der Waals surface area contributed by atoms with E-state index in [0.717, 1.165) is 44.9 Å². The Balaban J connectivity index is 1.03. The number of benzene rings is 2. The predicted molar refractivity (Wildman–Crippen MR) is 154 cm³/mol. The van der Waals surface area contributed by atoms with Gasteiger partial charge in [-0.3, -0.25) is 9.80 Å².